The molecular formula is C8H8BrNO. The van der Waals surface area contributed by atoms with Crippen molar-refractivity contribution in [2.24, 2.45) is 0 Å². The summed E-state index contributed by atoms with van der Waals surface area (Å²) in [6, 6.07) is 1.57. The third kappa shape index (κ3) is 2.05. The second kappa shape index (κ2) is 3.53. The quantitative estimate of drug-likeness (QED) is 0.762. The maximum Gasteiger partial charge on any atom is 0.189 e. The van der Waals surface area contributed by atoms with Crippen LogP contribution >= 0.6 is 15.9 Å². The van der Waals surface area contributed by atoms with E-state index in [2.05, 4.69) is 20.9 Å². The summed E-state index contributed by atoms with van der Waals surface area (Å²) in [5.74, 6) is 0. The Balaban J connectivity index is 3.20. The fourth-order valence-corrected chi connectivity index (χ4v) is 1.07. The SMILES string of the molecule is Cc1cc(=O)c(C=CBr)c[nH]1. The van der Waals surface area contributed by atoms with Gasteiger partial charge in [-0.3, -0.25) is 4.79 Å². The third-order valence-corrected chi connectivity index (χ3v) is 1.59. The monoisotopic (exact) mass is 213 g/mol. The molecule has 0 aliphatic rings. The Morgan fingerprint density at radius 3 is 2.91 bits per heavy atom. The van der Waals surface area contributed by atoms with E-state index in [1.807, 2.05) is 6.92 Å². The molecule has 1 rings (SSSR count). The Morgan fingerprint density at radius 1 is 1.64 bits per heavy atom. The molecule has 0 fully saturated rings. The summed E-state index contributed by atoms with van der Waals surface area (Å²) in [7, 11) is 0. The van der Waals surface area contributed by atoms with Gasteiger partial charge in [0.1, 0.15) is 0 Å². The van der Waals surface area contributed by atoms with Crippen molar-refractivity contribution >= 4 is 22.0 Å². The molecule has 2 nitrogen and oxygen atoms in total. The lowest BCUT2D eigenvalue weighted by Gasteiger charge is -1.92. The summed E-state index contributed by atoms with van der Waals surface area (Å²) < 4.78 is 0. The van der Waals surface area contributed by atoms with Crippen LogP contribution in [0.3, 0.4) is 0 Å². The molecule has 3 heteroatoms. The number of hydrogen-bond acceptors (Lipinski definition) is 1. The number of H-pyrrole nitrogens is 1. The highest BCUT2D eigenvalue weighted by Gasteiger charge is 1.92. The molecule has 0 radical (unpaired) electrons. The van der Waals surface area contributed by atoms with Crippen LogP contribution in [-0.2, 0) is 0 Å². The zero-order valence-corrected chi connectivity index (χ0v) is 7.68. The molecule has 0 aliphatic carbocycles. The molecule has 1 aromatic rings. The number of aromatic amines is 1. The van der Waals surface area contributed by atoms with Crippen LogP contribution in [0.4, 0.5) is 0 Å². The molecule has 0 saturated heterocycles. The minimum atomic E-state index is 0.0388. The Labute approximate surface area is 73.1 Å². The number of halogens is 1. The second-order valence-electron chi connectivity index (χ2n) is 2.23. The van der Waals surface area contributed by atoms with Gasteiger partial charge in [-0.05, 0) is 18.0 Å². The van der Waals surface area contributed by atoms with Crippen molar-refractivity contribution in [1.29, 1.82) is 0 Å². The number of nitrogens with one attached hydrogen (secondary N) is 1. The van der Waals surface area contributed by atoms with Crippen LogP contribution in [0.1, 0.15) is 11.3 Å². The van der Waals surface area contributed by atoms with Crippen LogP contribution in [0.5, 0.6) is 0 Å². The van der Waals surface area contributed by atoms with E-state index in [4.69, 9.17) is 0 Å². The van der Waals surface area contributed by atoms with Gasteiger partial charge >= 0.3 is 0 Å². The Hall–Kier alpha value is -0.830. The first-order valence-electron chi connectivity index (χ1n) is 3.20. The number of rotatable bonds is 1. The molecule has 0 unspecified atom stereocenters. The largest absolute Gasteiger partial charge is 0.364 e. The average molecular weight is 214 g/mol. The summed E-state index contributed by atoms with van der Waals surface area (Å²) in [5, 5.41) is 0. The lowest BCUT2D eigenvalue weighted by Crippen LogP contribution is -2.04. The maximum atomic E-state index is 11.1. The Morgan fingerprint density at radius 2 is 2.36 bits per heavy atom. The Bertz CT molecular complexity index is 327. The van der Waals surface area contributed by atoms with Crippen molar-refractivity contribution in [1.82, 2.24) is 4.98 Å². The van der Waals surface area contributed by atoms with Gasteiger partial charge in [0, 0.05) is 23.5 Å². The van der Waals surface area contributed by atoms with Gasteiger partial charge in [0.15, 0.2) is 5.43 Å². The minimum Gasteiger partial charge on any atom is -0.364 e. The van der Waals surface area contributed by atoms with Gasteiger partial charge in [-0.25, -0.2) is 0 Å². The molecule has 11 heavy (non-hydrogen) atoms. The smallest absolute Gasteiger partial charge is 0.189 e. The zero-order chi connectivity index (χ0) is 8.27. The van der Waals surface area contributed by atoms with E-state index in [-0.39, 0.29) is 5.43 Å². The van der Waals surface area contributed by atoms with Crippen molar-refractivity contribution in [3.05, 3.63) is 38.7 Å². The average Bonchev–Trinajstić information content (AvgIpc) is 1.95. The molecule has 1 aromatic heterocycles. The van der Waals surface area contributed by atoms with E-state index in [1.54, 1.807) is 23.3 Å². The van der Waals surface area contributed by atoms with Gasteiger partial charge in [-0.15, -0.1) is 0 Å². The van der Waals surface area contributed by atoms with E-state index in [9.17, 15) is 4.79 Å². The van der Waals surface area contributed by atoms with Crippen LogP contribution in [-0.4, -0.2) is 4.98 Å². The van der Waals surface area contributed by atoms with Crippen molar-refractivity contribution < 1.29 is 0 Å². The normalized spacial score (nSPS) is 10.7. The topological polar surface area (TPSA) is 32.9 Å². The van der Waals surface area contributed by atoms with Crippen LogP contribution in [0.2, 0.25) is 0 Å². The number of hydrogen-bond donors (Lipinski definition) is 1. The molecule has 58 valence electrons. The third-order valence-electron chi connectivity index (χ3n) is 1.33. The minimum absolute atomic E-state index is 0.0388. The van der Waals surface area contributed by atoms with Crippen LogP contribution < -0.4 is 5.43 Å². The van der Waals surface area contributed by atoms with Crippen LogP contribution in [0.25, 0.3) is 6.08 Å². The molecule has 0 bridgehead atoms. The molecule has 0 aromatic carbocycles. The van der Waals surface area contributed by atoms with Gasteiger partial charge in [0.2, 0.25) is 0 Å². The Kier molecular flexibility index (Phi) is 2.65. The van der Waals surface area contributed by atoms with Crippen molar-refractivity contribution in [2.45, 2.75) is 6.92 Å². The summed E-state index contributed by atoms with van der Waals surface area (Å²) >= 11 is 3.11. The summed E-state index contributed by atoms with van der Waals surface area (Å²) in [5.41, 5.74) is 1.58. The summed E-state index contributed by atoms with van der Waals surface area (Å²) in [4.78, 5) is 15.8. The van der Waals surface area contributed by atoms with Gasteiger partial charge in [-0.1, -0.05) is 15.9 Å². The maximum absolute atomic E-state index is 11.1. The fraction of sp³-hybridized carbons (Fsp3) is 0.125. The highest BCUT2D eigenvalue weighted by atomic mass is 79.9. The molecule has 0 saturated carbocycles. The first-order chi connectivity index (χ1) is 5.24. The number of aryl methyl sites for hydroxylation is 1. The van der Waals surface area contributed by atoms with Crippen LogP contribution in [0, 0.1) is 6.92 Å². The lowest BCUT2D eigenvalue weighted by atomic mass is 10.2. The highest BCUT2D eigenvalue weighted by Crippen LogP contribution is 1.96. The summed E-state index contributed by atoms with van der Waals surface area (Å²) in [6.45, 7) is 1.85. The van der Waals surface area contributed by atoms with Gasteiger partial charge in [0.25, 0.3) is 0 Å². The molecule has 0 aliphatic heterocycles. The molecule has 1 heterocycles. The highest BCUT2D eigenvalue weighted by molar-refractivity contribution is 9.11. The van der Waals surface area contributed by atoms with E-state index in [0.717, 1.165) is 5.69 Å². The second-order valence-corrected chi connectivity index (χ2v) is 2.76. The standard InChI is InChI=1S/C8H8BrNO/c1-6-4-8(11)7(2-3-9)5-10-6/h2-5H,1H3,(H,10,11). The van der Waals surface area contributed by atoms with Crippen LogP contribution in [0.15, 0.2) is 22.0 Å². The molecular weight excluding hydrogens is 206 g/mol. The number of pyridine rings is 1. The van der Waals surface area contributed by atoms with Gasteiger partial charge in [0.05, 0.1) is 0 Å². The summed E-state index contributed by atoms with van der Waals surface area (Å²) in [6.07, 6.45) is 3.40. The molecule has 1 N–H and O–H groups in total. The van der Waals surface area contributed by atoms with E-state index in [0.29, 0.717) is 5.56 Å². The van der Waals surface area contributed by atoms with E-state index >= 15 is 0 Å². The lowest BCUT2D eigenvalue weighted by molar-refractivity contribution is 1.18. The predicted octanol–water partition coefficient (Wildman–Crippen LogP) is 2.05. The first-order valence-corrected chi connectivity index (χ1v) is 4.11. The van der Waals surface area contributed by atoms with E-state index in [1.165, 1.54) is 0 Å². The van der Waals surface area contributed by atoms with E-state index < -0.39 is 0 Å². The van der Waals surface area contributed by atoms with Gasteiger partial charge in [-0.2, -0.15) is 0 Å². The number of aromatic nitrogens is 1. The van der Waals surface area contributed by atoms with Crippen molar-refractivity contribution in [2.75, 3.05) is 0 Å². The predicted molar refractivity (Wildman–Crippen MR) is 49.8 cm³/mol. The van der Waals surface area contributed by atoms with Crippen molar-refractivity contribution in [3.63, 3.8) is 0 Å². The van der Waals surface area contributed by atoms with Gasteiger partial charge < -0.3 is 4.98 Å². The molecule has 0 atom stereocenters. The fourth-order valence-electron chi connectivity index (χ4n) is 0.782. The zero-order valence-electron chi connectivity index (χ0n) is 6.10. The van der Waals surface area contributed by atoms with Crippen molar-refractivity contribution in [3.8, 4) is 0 Å². The molecule has 0 spiro atoms. The molecule has 0 amide bonds. The first kappa shape index (κ1) is 8.27.